The Kier molecular flexibility index (Phi) is 7.14. The van der Waals surface area contributed by atoms with Gasteiger partial charge in [0.2, 0.25) is 5.91 Å². The number of ether oxygens (including phenoxy) is 2. The van der Waals surface area contributed by atoms with Crippen molar-refractivity contribution in [3.63, 3.8) is 0 Å². The molecule has 29 heavy (non-hydrogen) atoms. The number of carbonyl (C=O) groups excluding carboxylic acids is 1. The number of likely N-dealkylation sites (tertiary alicyclic amines) is 1. The van der Waals surface area contributed by atoms with Crippen LogP contribution in [0.4, 0.5) is 0 Å². The SMILES string of the molecule is CCC(=O)N1CCCC(O)(c2nc(C)c(CCOc3ccc(OC)cc3)s2)CC1. The molecule has 7 heteroatoms. The van der Waals surface area contributed by atoms with Gasteiger partial charge in [0.25, 0.3) is 0 Å². The third kappa shape index (κ3) is 5.28. The molecule has 1 aromatic heterocycles. The summed E-state index contributed by atoms with van der Waals surface area (Å²) in [5, 5.41) is 12.0. The van der Waals surface area contributed by atoms with Crippen LogP contribution in [0.1, 0.15) is 48.2 Å². The van der Waals surface area contributed by atoms with Gasteiger partial charge in [-0.2, -0.15) is 0 Å². The topological polar surface area (TPSA) is 71.9 Å². The molecule has 1 aromatic carbocycles. The van der Waals surface area contributed by atoms with Crippen LogP contribution < -0.4 is 9.47 Å². The van der Waals surface area contributed by atoms with Crippen molar-refractivity contribution in [2.75, 3.05) is 26.8 Å². The third-order valence-corrected chi connectivity index (χ3v) is 6.83. The molecule has 1 N–H and O–H groups in total. The van der Waals surface area contributed by atoms with E-state index in [0.717, 1.165) is 39.9 Å². The van der Waals surface area contributed by atoms with Gasteiger partial charge in [-0.25, -0.2) is 4.98 Å². The van der Waals surface area contributed by atoms with Crippen LogP contribution in [0.3, 0.4) is 0 Å². The van der Waals surface area contributed by atoms with E-state index < -0.39 is 5.60 Å². The fourth-order valence-electron chi connectivity index (χ4n) is 3.60. The van der Waals surface area contributed by atoms with Crippen molar-refractivity contribution in [3.05, 3.63) is 39.8 Å². The van der Waals surface area contributed by atoms with Crippen LogP contribution in [-0.2, 0) is 16.8 Å². The number of rotatable bonds is 7. The average molecular weight is 419 g/mol. The second-order valence-electron chi connectivity index (χ2n) is 7.42. The smallest absolute Gasteiger partial charge is 0.222 e. The van der Waals surface area contributed by atoms with Crippen molar-refractivity contribution in [3.8, 4) is 11.5 Å². The zero-order valence-corrected chi connectivity index (χ0v) is 18.3. The summed E-state index contributed by atoms with van der Waals surface area (Å²) in [4.78, 5) is 19.7. The number of aromatic nitrogens is 1. The molecule has 1 unspecified atom stereocenters. The minimum atomic E-state index is -0.951. The molecule has 1 saturated heterocycles. The fourth-order valence-corrected chi connectivity index (χ4v) is 4.79. The van der Waals surface area contributed by atoms with Crippen molar-refractivity contribution < 1.29 is 19.4 Å². The van der Waals surface area contributed by atoms with E-state index in [2.05, 4.69) is 4.98 Å². The standard InChI is InChI=1S/C22H30N2O4S/c1-4-20(25)24-13-5-11-22(26,12-14-24)21-23-16(2)19(29-21)10-15-28-18-8-6-17(27-3)7-9-18/h6-9,26H,4-5,10-15H2,1-3H3. The van der Waals surface area contributed by atoms with E-state index in [4.69, 9.17) is 9.47 Å². The lowest BCUT2D eigenvalue weighted by Gasteiger charge is -2.24. The van der Waals surface area contributed by atoms with Crippen molar-refractivity contribution in [2.24, 2.45) is 0 Å². The number of hydrogen-bond donors (Lipinski definition) is 1. The highest BCUT2D eigenvalue weighted by Gasteiger charge is 2.36. The van der Waals surface area contributed by atoms with Gasteiger partial charge in [-0.15, -0.1) is 11.3 Å². The Morgan fingerprint density at radius 1 is 1.24 bits per heavy atom. The maximum absolute atomic E-state index is 12.0. The van der Waals surface area contributed by atoms with Gasteiger partial charge in [-0.3, -0.25) is 4.79 Å². The van der Waals surface area contributed by atoms with E-state index in [1.807, 2.05) is 43.0 Å². The molecular formula is C22H30N2O4S. The Morgan fingerprint density at radius 3 is 2.66 bits per heavy atom. The molecule has 1 aliphatic heterocycles. The summed E-state index contributed by atoms with van der Waals surface area (Å²) in [5.41, 5.74) is -0.00435. The van der Waals surface area contributed by atoms with Gasteiger partial charge in [-0.05, 0) is 44.0 Å². The number of thiazole rings is 1. The number of benzene rings is 1. The highest BCUT2D eigenvalue weighted by molar-refractivity contribution is 7.11. The van der Waals surface area contributed by atoms with Gasteiger partial charge in [-0.1, -0.05) is 6.92 Å². The summed E-state index contributed by atoms with van der Waals surface area (Å²) in [6, 6.07) is 7.53. The molecule has 0 aliphatic carbocycles. The minimum absolute atomic E-state index is 0.154. The van der Waals surface area contributed by atoms with Crippen molar-refractivity contribution in [1.82, 2.24) is 9.88 Å². The molecule has 0 radical (unpaired) electrons. The van der Waals surface area contributed by atoms with E-state index in [1.165, 1.54) is 0 Å². The minimum Gasteiger partial charge on any atom is -0.497 e. The monoisotopic (exact) mass is 418 g/mol. The summed E-state index contributed by atoms with van der Waals surface area (Å²) >= 11 is 1.57. The van der Waals surface area contributed by atoms with Crippen LogP contribution in [-0.4, -0.2) is 47.7 Å². The van der Waals surface area contributed by atoms with Crippen LogP contribution in [0.15, 0.2) is 24.3 Å². The molecule has 6 nitrogen and oxygen atoms in total. The molecule has 1 aliphatic rings. The molecule has 2 aromatic rings. The Labute approximate surface area is 176 Å². The van der Waals surface area contributed by atoms with Crippen molar-refractivity contribution >= 4 is 17.2 Å². The average Bonchev–Trinajstić information content (AvgIpc) is 2.99. The Balaban J connectivity index is 1.60. The lowest BCUT2D eigenvalue weighted by Crippen LogP contribution is -2.33. The van der Waals surface area contributed by atoms with Crippen LogP contribution in [0, 0.1) is 6.92 Å². The first kappa shape index (κ1) is 21.6. The Hall–Kier alpha value is -2.12. The molecule has 1 fully saturated rings. The maximum atomic E-state index is 12.0. The molecule has 158 valence electrons. The number of aryl methyl sites for hydroxylation is 1. The first-order valence-electron chi connectivity index (χ1n) is 10.2. The molecule has 3 rings (SSSR count). The lowest BCUT2D eigenvalue weighted by molar-refractivity contribution is -0.131. The lowest BCUT2D eigenvalue weighted by atomic mass is 9.96. The highest BCUT2D eigenvalue weighted by Crippen LogP contribution is 2.36. The van der Waals surface area contributed by atoms with E-state index >= 15 is 0 Å². The second kappa shape index (κ2) is 9.59. The maximum Gasteiger partial charge on any atom is 0.222 e. The third-order valence-electron chi connectivity index (χ3n) is 5.42. The summed E-state index contributed by atoms with van der Waals surface area (Å²) in [7, 11) is 1.64. The molecule has 0 spiro atoms. The molecule has 1 atom stereocenters. The summed E-state index contributed by atoms with van der Waals surface area (Å²) in [6.45, 7) is 5.70. The normalized spacial score (nSPS) is 19.7. The van der Waals surface area contributed by atoms with E-state index in [1.54, 1.807) is 18.4 Å². The number of carbonyl (C=O) groups is 1. The first-order valence-corrected chi connectivity index (χ1v) is 11.0. The summed E-state index contributed by atoms with van der Waals surface area (Å²) < 4.78 is 11.0. The van der Waals surface area contributed by atoms with Crippen molar-refractivity contribution in [2.45, 2.75) is 51.6 Å². The number of nitrogens with zero attached hydrogens (tertiary/aromatic N) is 2. The predicted molar refractivity (Wildman–Crippen MR) is 114 cm³/mol. The Bertz CT molecular complexity index is 821. The number of amides is 1. The van der Waals surface area contributed by atoms with Crippen LogP contribution in [0.25, 0.3) is 0 Å². The molecule has 0 saturated carbocycles. The van der Waals surface area contributed by atoms with Gasteiger partial charge >= 0.3 is 0 Å². The predicted octanol–water partition coefficient (Wildman–Crippen LogP) is 3.69. The highest BCUT2D eigenvalue weighted by atomic mass is 32.1. The molecule has 2 heterocycles. The number of methoxy groups -OCH3 is 1. The fraction of sp³-hybridized carbons (Fsp3) is 0.545. The van der Waals surface area contributed by atoms with Gasteiger partial charge in [0.15, 0.2) is 0 Å². The molecule has 1 amide bonds. The van der Waals surface area contributed by atoms with Gasteiger partial charge in [0.05, 0.1) is 19.4 Å². The zero-order chi connectivity index (χ0) is 20.9. The van der Waals surface area contributed by atoms with Crippen LogP contribution in [0.5, 0.6) is 11.5 Å². The van der Waals surface area contributed by atoms with Crippen LogP contribution >= 0.6 is 11.3 Å². The second-order valence-corrected chi connectivity index (χ2v) is 8.50. The first-order chi connectivity index (χ1) is 13.9. The number of aliphatic hydroxyl groups is 1. The Morgan fingerprint density at radius 2 is 1.97 bits per heavy atom. The van der Waals surface area contributed by atoms with Crippen molar-refractivity contribution in [1.29, 1.82) is 0 Å². The largest absolute Gasteiger partial charge is 0.497 e. The zero-order valence-electron chi connectivity index (χ0n) is 17.4. The summed E-state index contributed by atoms with van der Waals surface area (Å²) in [5.74, 6) is 1.76. The van der Waals surface area contributed by atoms with E-state index in [9.17, 15) is 9.90 Å². The van der Waals surface area contributed by atoms with Gasteiger partial charge in [0, 0.05) is 37.2 Å². The van der Waals surface area contributed by atoms with E-state index in [0.29, 0.717) is 39.0 Å². The summed E-state index contributed by atoms with van der Waals surface area (Å²) in [6.07, 6.45) is 3.21. The molecule has 0 bridgehead atoms. The van der Waals surface area contributed by atoms with Gasteiger partial charge in [0.1, 0.15) is 22.1 Å². The molecular weight excluding hydrogens is 388 g/mol. The van der Waals surface area contributed by atoms with Gasteiger partial charge < -0.3 is 19.5 Å². The number of hydrogen-bond acceptors (Lipinski definition) is 6. The van der Waals surface area contributed by atoms with E-state index in [-0.39, 0.29) is 5.91 Å². The quantitative estimate of drug-likeness (QED) is 0.742. The van der Waals surface area contributed by atoms with Crippen LogP contribution in [0.2, 0.25) is 0 Å².